The number of ether oxygens (including phenoxy) is 2. The van der Waals surface area contributed by atoms with Crippen LogP contribution in [0.5, 0.6) is 11.8 Å². The molecule has 1 aliphatic heterocycles. The number of piperidine rings is 1. The molecule has 7 nitrogen and oxygen atoms in total. The van der Waals surface area contributed by atoms with Crippen LogP contribution in [0.4, 0.5) is 10.5 Å². The average Bonchev–Trinajstić information content (AvgIpc) is 2.64. The number of likely N-dealkylation sites (tertiary alicyclic amines) is 1. The zero-order chi connectivity index (χ0) is 16.8. The van der Waals surface area contributed by atoms with E-state index in [0.717, 1.165) is 24.3 Å². The van der Waals surface area contributed by atoms with Gasteiger partial charge in [0.05, 0.1) is 7.11 Å². The fraction of sp³-hybridized carbons (Fsp3) is 0.353. The van der Waals surface area contributed by atoms with Crippen molar-refractivity contribution in [3.8, 4) is 11.8 Å². The molecular weight excluding hydrogens is 308 g/mol. The molecule has 0 aliphatic carbocycles. The Bertz CT molecular complexity index is 655. The zero-order valence-corrected chi connectivity index (χ0v) is 13.5. The first-order chi connectivity index (χ1) is 11.7. The molecule has 2 amide bonds. The molecule has 1 N–H and O–H groups in total. The van der Waals surface area contributed by atoms with Crippen molar-refractivity contribution in [3.63, 3.8) is 0 Å². The van der Waals surface area contributed by atoms with E-state index in [0.29, 0.717) is 19.1 Å². The first-order valence-corrected chi connectivity index (χ1v) is 7.88. The second-order valence-electron chi connectivity index (χ2n) is 5.49. The molecule has 1 saturated heterocycles. The highest BCUT2D eigenvalue weighted by molar-refractivity contribution is 5.89. The molecule has 7 heteroatoms. The number of carbonyl (C=O) groups is 1. The van der Waals surface area contributed by atoms with E-state index >= 15 is 0 Å². The van der Waals surface area contributed by atoms with Gasteiger partial charge in [-0.15, -0.1) is 0 Å². The predicted molar refractivity (Wildman–Crippen MR) is 89.3 cm³/mol. The van der Waals surface area contributed by atoms with Crippen molar-refractivity contribution in [1.29, 1.82) is 0 Å². The number of rotatable bonds is 4. The van der Waals surface area contributed by atoms with Crippen molar-refractivity contribution in [3.05, 3.63) is 42.7 Å². The van der Waals surface area contributed by atoms with Crippen LogP contribution < -0.4 is 14.8 Å². The second kappa shape index (κ2) is 7.63. The summed E-state index contributed by atoms with van der Waals surface area (Å²) in [4.78, 5) is 22.2. The summed E-state index contributed by atoms with van der Waals surface area (Å²) in [5, 5.41) is 2.89. The van der Waals surface area contributed by atoms with Crippen molar-refractivity contribution in [2.75, 3.05) is 25.5 Å². The summed E-state index contributed by atoms with van der Waals surface area (Å²) < 4.78 is 10.8. The van der Waals surface area contributed by atoms with Gasteiger partial charge in [0.15, 0.2) is 0 Å². The number of nitrogens with one attached hydrogen (secondary N) is 1. The molecule has 3 rings (SSSR count). The average molecular weight is 328 g/mol. The van der Waals surface area contributed by atoms with E-state index in [2.05, 4.69) is 15.3 Å². The molecule has 0 radical (unpaired) electrons. The minimum atomic E-state index is -0.102. The van der Waals surface area contributed by atoms with Crippen LogP contribution in [0, 0.1) is 0 Å². The van der Waals surface area contributed by atoms with Gasteiger partial charge in [0.2, 0.25) is 0 Å². The number of carbonyl (C=O) groups excluding carboxylic acids is 1. The maximum absolute atomic E-state index is 12.3. The van der Waals surface area contributed by atoms with Gasteiger partial charge >= 0.3 is 12.0 Å². The summed E-state index contributed by atoms with van der Waals surface area (Å²) in [6, 6.07) is 9.30. The summed E-state index contributed by atoms with van der Waals surface area (Å²) in [5.41, 5.74) is 0.747. The molecule has 0 unspecified atom stereocenters. The quantitative estimate of drug-likeness (QED) is 0.933. The smallest absolute Gasteiger partial charge is 0.321 e. The largest absolute Gasteiger partial charge is 0.497 e. The lowest BCUT2D eigenvalue weighted by Gasteiger charge is -2.31. The van der Waals surface area contributed by atoms with E-state index in [1.807, 2.05) is 24.3 Å². The van der Waals surface area contributed by atoms with Crippen LogP contribution in [0.25, 0.3) is 0 Å². The maximum Gasteiger partial charge on any atom is 0.321 e. The van der Waals surface area contributed by atoms with Crippen LogP contribution in [-0.2, 0) is 0 Å². The normalized spacial score (nSPS) is 15.0. The van der Waals surface area contributed by atoms with Gasteiger partial charge in [0, 0.05) is 44.0 Å². The fourth-order valence-electron chi connectivity index (χ4n) is 2.55. The molecule has 1 aromatic carbocycles. The summed E-state index contributed by atoms with van der Waals surface area (Å²) in [6.45, 7) is 1.28. The minimum Gasteiger partial charge on any atom is -0.497 e. The molecule has 0 bridgehead atoms. The Morgan fingerprint density at radius 1 is 1.17 bits per heavy atom. The third-order valence-electron chi connectivity index (χ3n) is 3.88. The molecule has 0 atom stereocenters. The second-order valence-corrected chi connectivity index (χ2v) is 5.49. The van der Waals surface area contributed by atoms with E-state index in [-0.39, 0.29) is 12.1 Å². The van der Waals surface area contributed by atoms with Crippen molar-refractivity contribution in [1.82, 2.24) is 14.9 Å². The molecule has 1 fully saturated rings. The highest BCUT2D eigenvalue weighted by atomic mass is 16.5. The molecule has 2 heterocycles. The van der Waals surface area contributed by atoms with E-state index in [9.17, 15) is 4.79 Å². The van der Waals surface area contributed by atoms with Gasteiger partial charge in [0.25, 0.3) is 0 Å². The lowest BCUT2D eigenvalue weighted by atomic mass is 10.1. The Morgan fingerprint density at radius 3 is 2.46 bits per heavy atom. The number of hydrogen-bond donors (Lipinski definition) is 1. The standard InChI is InChI=1S/C17H20N4O3/c1-23-14-5-3-13(4-6-14)20-17(22)21-11-7-15(8-12-21)24-16-18-9-2-10-19-16/h2-6,9-10,15H,7-8,11-12H2,1H3,(H,20,22). The number of aromatic nitrogens is 2. The Morgan fingerprint density at radius 2 is 1.83 bits per heavy atom. The monoisotopic (exact) mass is 328 g/mol. The number of amides is 2. The Labute approximate surface area is 140 Å². The minimum absolute atomic E-state index is 0.0393. The molecule has 1 aliphatic rings. The van der Waals surface area contributed by atoms with Crippen LogP contribution in [0.15, 0.2) is 42.7 Å². The van der Waals surface area contributed by atoms with Crippen LogP contribution in [0.3, 0.4) is 0 Å². The van der Waals surface area contributed by atoms with E-state index in [1.54, 1.807) is 30.5 Å². The zero-order valence-electron chi connectivity index (χ0n) is 13.5. The van der Waals surface area contributed by atoms with Crippen molar-refractivity contribution in [2.45, 2.75) is 18.9 Å². The number of methoxy groups -OCH3 is 1. The summed E-state index contributed by atoms with van der Waals surface area (Å²) in [7, 11) is 1.61. The maximum atomic E-state index is 12.3. The molecular formula is C17H20N4O3. The molecule has 0 spiro atoms. The van der Waals surface area contributed by atoms with Gasteiger partial charge in [-0.3, -0.25) is 0 Å². The fourth-order valence-corrected chi connectivity index (χ4v) is 2.55. The molecule has 126 valence electrons. The van der Waals surface area contributed by atoms with Gasteiger partial charge in [0.1, 0.15) is 11.9 Å². The third kappa shape index (κ3) is 4.13. The molecule has 24 heavy (non-hydrogen) atoms. The van der Waals surface area contributed by atoms with Crippen LogP contribution >= 0.6 is 0 Å². The Kier molecular flexibility index (Phi) is 5.10. The van der Waals surface area contributed by atoms with Crippen molar-refractivity contribution >= 4 is 11.7 Å². The first kappa shape index (κ1) is 16.0. The molecule has 0 saturated carbocycles. The Balaban J connectivity index is 1.47. The number of urea groups is 1. The predicted octanol–water partition coefficient (Wildman–Crippen LogP) is 2.56. The van der Waals surface area contributed by atoms with Gasteiger partial charge < -0.3 is 19.7 Å². The summed E-state index contributed by atoms with van der Waals surface area (Å²) >= 11 is 0. The number of hydrogen-bond acceptors (Lipinski definition) is 5. The lowest BCUT2D eigenvalue weighted by molar-refractivity contribution is 0.107. The van der Waals surface area contributed by atoms with Gasteiger partial charge in [-0.1, -0.05) is 0 Å². The highest BCUT2D eigenvalue weighted by Gasteiger charge is 2.24. The topological polar surface area (TPSA) is 76.6 Å². The van der Waals surface area contributed by atoms with Gasteiger partial charge in [-0.05, 0) is 30.3 Å². The third-order valence-corrected chi connectivity index (χ3v) is 3.88. The van der Waals surface area contributed by atoms with Crippen molar-refractivity contribution in [2.24, 2.45) is 0 Å². The lowest BCUT2D eigenvalue weighted by Crippen LogP contribution is -2.43. The summed E-state index contributed by atoms with van der Waals surface area (Å²) in [5.74, 6) is 0.758. The highest BCUT2D eigenvalue weighted by Crippen LogP contribution is 2.18. The Hall–Kier alpha value is -2.83. The van der Waals surface area contributed by atoms with Crippen LogP contribution in [-0.4, -0.2) is 47.2 Å². The van der Waals surface area contributed by atoms with Crippen molar-refractivity contribution < 1.29 is 14.3 Å². The number of nitrogens with zero attached hydrogens (tertiary/aromatic N) is 3. The van der Waals surface area contributed by atoms with Gasteiger partial charge in [-0.25, -0.2) is 14.8 Å². The number of benzene rings is 1. The van der Waals surface area contributed by atoms with E-state index < -0.39 is 0 Å². The van der Waals surface area contributed by atoms with Crippen LogP contribution in [0.2, 0.25) is 0 Å². The molecule has 2 aromatic rings. The summed E-state index contributed by atoms with van der Waals surface area (Å²) in [6.07, 6.45) is 4.86. The first-order valence-electron chi connectivity index (χ1n) is 7.88. The SMILES string of the molecule is COc1ccc(NC(=O)N2CCC(Oc3ncccn3)CC2)cc1. The van der Waals surface area contributed by atoms with E-state index in [1.165, 1.54) is 0 Å². The van der Waals surface area contributed by atoms with Crippen LogP contribution in [0.1, 0.15) is 12.8 Å². The van der Waals surface area contributed by atoms with Gasteiger partial charge in [-0.2, -0.15) is 0 Å². The molecule has 1 aromatic heterocycles. The van der Waals surface area contributed by atoms with E-state index in [4.69, 9.17) is 9.47 Å². The number of anilines is 1.